The monoisotopic (exact) mass is 382 g/mol. The minimum atomic E-state index is -0.615. The third-order valence-electron chi connectivity index (χ3n) is 5.73. The second-order valence-electron chi connectivity index (χ2n) is 8.27. The summed E-state index contributed by atoms with van der Waals surface area (Å²) in [6, 6.07) is 12.8. The van der Waals surface area contributed by atoms with Crippen molar-refractivity contribution in [2.24, 2.45) is 0 Å². The number of aryl methyl sites for hydroxylation is 1. The molecule has 0 aliphatic carbocycles. The van der Waals surface area contributed by atoms with Gasteiger partial charge in [0.15, 0.2) is 0 Å². The number of piperidine rings is 1. The molecule has 0 spiro atoms. The second kappa shape index (κ2) is 9.01. The summed E-state index contributed by atoms with van der Waals surface area (Å²) in [7, 11) is 0. The molecular weight excluding hydrogens is 351 g/mol. The van der Waals surface area contributed by atoms with Crippen LogP contribution >= 0.6 is 0 Å². The van der Waals surface area contributed by atoms with Gasteiger partial charge in [0.25, 0.3) is 0 Å². The van der Waals surface area contributed by atoms with E-state index in [9.17, 15) is 4.39 Å². The second-order valence-corrected chi connectivity index (χ2v) is 8.27. The molecule has 2 aliphatic rings. The third-order valence-corrected chi connectivity index (χ3v) is 5.73. The number of aromatic nitrogens is 2. The Hall–Kier alpha value is -1.98. The summed E-state index contributed by atoms with van der Waals surface area (Å²) in [6.45, 7) is 8.77. The minimum absolute atomic E-state index is 0.615. The summed E-state index contributed by atoms with van der Waals surface area (Å²) in [5, 5.41) is 4.85. The van der Waals surface area contributed by atoms with Gasteiger partial charge in [0, 0.05) is 45.8 Å². The van der Waals surface area contributed by atoms with Crippen molar-refractivity contribution in [2.45, 2.75) is 52.0 Å². The van der Waals surface area contributed by atoms with Crippen LogP contribution in [-0.2, 0) is 19.6 Å². The molecule has 0 radical (unpaired) electrons. The highest BCUT2D eigenvalue weighted by Gasteiger charge is 2.21. The Morgan fingerprint density at radius 2 is 1.89 bits per heavy atom. The molecule has 0 bridgehead atoms. The van der Waals surface area contributed by atoms with Crippen molar-refractivity contribution in [3.8, 4) is 0 Å². The van der Waals surface area contributed by atoms with E-state index in [-0.39, 0.29) is 0 Å². The molecule has 4 nitrogen and oxygen atoms in total. The highest BCUT2D eigenvalue weighted by Crippen LogP contribution is 2.19. The first-order valence-electron chi connectivity index (χ1n) is 10.5. The van der Waals surface area contributed by atoms with Crippen LogP contribution in [0, 0.1) is 0 Å². The number of alkyl halides is 1. The fourth-order valence-corrected chi connectivity index (χ4v) is 4.32. The molecular formula is C23H31FN4. The van der Waals surface area contributed by atoms with Crippen LogP contribution in [0.15, 0.2) is 42.0 Å². The summed E-state index contributed by atoms with van der Waals surface area (Å²) in [5.41, 5.74) is 5.08. The highest BCUT2D eigenvalue weighted by molar-refractivity contribution is 5.52. The number of benzene rings is 1. The van der Waals surface area contributed by atoms with E-state index in [2.05, 4.69) is 63.9 Å². The van der Waals surface area contributed by atoms with Crippen molar-refractivity contribution in [3.63, 3.8) is 0 Å². The summed E-state index contributed by atoms with van der Waals surface area (Å²) in [4.78, 5) is 4.86. The van der Waals surface area contributed by atoms with Gasteiger partial charge in [0.2, 0.25) is 0 Å². The van der Waals surface area contributed by atoms with Crippen LogP contribution in [0.2, 0.25) is 0 Å². The van der Waals surface area contributed by atoms with Gasteiger partial charge in [-0.1, -0.05) is 42.0 Å². The first kappa shape index (κ1) is 19.3. The van der Waals surface area contributed by atoms with Crippen LogP contribution < -0.4 is 0 Å². The van der Waals surface area contributed by atoms with Crippen molar-refractivity contribution < 1.29 is 4.39 Å². The van der Waals surface area contributed by atoms with Gasteiger partial charge in [-0.3, -0.25) is 14.5 Å². The Morgan fingerprint density at radius 3 is 2.68 bits per heavy atom. The number of hydrogen-bond donors (Lipinski definition) is 0. The van der Waals surface area contributed by atoms with Crippen LogP contribution in [-0.4, -0.2) is 51.9 Å². The van der Waals surface area contributed by atoms with E-state index >= 15 is 0 Å². The molecule has 2 aliphatic heterocycles. The lowest BCUT2D eigenvalue weighted by atomic mass is 10.1. The van der Waals surface area contributed by atoms with Crippen molar-refractivity contribution >= 4 is 6.08 Å². The van der Waals surface area contributed by atoms with E-state index < -0.39 is 6.17 Å². The topological polar surface area (TPSA) is 24.3 Å². The average Bonchev–Trinajstić information content (AvgIpc) is 2.95. The predicted octanol–water partition coefficient (Wildman–Crippen LogP) is 4.13. The normalized spacial score (nSPS) is 20.1. The number of nitrogens with zero attached hydrogens (tertiary/aromatic N) is 4. The summed E-state index contributed by atoms with van der Waals surface area (Å²) < 4.78 is 15.5. The van der Waals surface area contributed by atoms with Crippen molar-refractivity contribution in [1.29, 1.82) is 0 Å². The lowest BCUT2D eigenvalue weighted by Crippen LogP contribution is -2.34. The van der Waals surface area contributed by atoms with Crippen molar-refractivity contribution in [2.75, 3.05) is 26.2 Å². The first-order valence-corrected chi connectivity index (χ1v) is 10.5. The molecule has 0 amide bonds. The number of halogens is 1. The maximum absolute atomic E-state index is 13.4. The Bertz CT molecular complexity index is 790. The maximum atomic E-state index is 13.4. The van der Waals surface area contributed by atoms with Gasteiger partial charge in [0.1, 0.15) is 6.17 Å². The summed E-state index contributed by atoms with van der Waals surface area (Å²) in [6.07, 6.45) is 4.11. The largest absolute Gasteiger partial charge is 0.297 e. The van der Waals surface area contributed by atoms with Crippen molar-refractivity contribution in [3.05, 3.63) is 58.9 Å². The molecule has 0 N–H and O–H groups in total. The quantitative estimate of drug-likeness (QED) is 0.777. The standard InChI is InChI=1S/C23H31FN4/c1-19(14-20-6-3-2-4-7-20)16-27-10-5-11-28-23(18-27)15-22(25-28)17-26-12-8-21(24)9-13-26/h2-4,6-7,14-15,21H,5,8-13,16-18H2,1H3. The van der Waals surface area contributed by atoms with Crippen LogP contribution in [0.25, 0.3) is 6.08 Å². The highest BCUT2D eigenvalue weighted by atomic mass is 19.1. The van der Waals surface area contributed by atoms with Gasteiger partial charge in [-0.05, 0) is 37.8 Å². The molecule has 0 unspecified atom stereocenters. The lowest BCUT2D eigenvalue weighted by Gasteiger charge is -2.27. The molecule has 1 aromatic carbocycles. The lowest BCUT2D eigenvalue weighted by molar-refractivity contribution is 0.144. The average molecular weight is 383 g/mol. The van der Waals surface area contributed by atoms with Gasteiger partial charge >= 0.3 is 0 Å². The van der Waals surface area contributed by atoms with E-state index in [4.69, 9.17) is 5.10 Å². The number of hydrogen-bond acceptors (Lipinski definition) is 3. The third kappa shape index (κ3) is 5.09. The molecule has 3 heterocycles. The van der Waals surface area contributed by atoms with Gasteiger partial charge < -0.3 is 0 Å². The fraction of sp³-hybridized carbons (Fsp3) is 0.522. The number of likely N-dealkylation sites (tertiary alicyclic amines) is 1. The Kier molecular flexibility index (Phi) is 6.23. The van der Waals surface area contributed by atoms with Crippen LogP contribution in [0.4, 0.5) is 4.39 Å². The SMILES string of the molecule is CC(=Cc1ccccc1)CN1CCCn2nc(CN3CCC(F)CC3)cc2C1. The zero-order valence-corrected chi connectivity index (χ0v) is 16.9. The molecule has 1 aromatic heterocycles. The van der Waals surface area contributed by atoms with E-state index in [1.165, 1.54) is 16.8 Å². The molecule has 0 atom stereocenters. The van der Waals surface area contributed by atoms with Gasteiger partial charge in [-0.15, -0.1) is 0 Å². The summed E-state index contributed by atoms with van der Waals surface area (Å²) >= 11 is 0. The van der Waals surface area contributed by atoms with E-state index in [0.29, 0.717) is 12.8 Å². The maximum Gasteiger partial charge on any atom is 0.103 e. The Morgan fingerprint density at radius 1 is 1.11 bits per heavy atom. The molecule has 1 fully saturated rings. The van der Waals surface area contributed by atoms with Gasteiger partial charge in [0.05, 0.1) is 11.4 Å². The predicted molar refractivity (Wildman–Crippen MR) is 112 cm³/mol. The zero-order chi connectivity index (χ0) is 19.3. The van der Waals surface area contributed by atoms with Crippen LogP contribution in [0.5, 0.6) is 0 Å². The molecule has 5 heteroatoms. The molecule has 0 saturated carbocycles. The van der Waals surface area contributed by atoms with Crippen LogP contribution in [0.3, 0.4) is 0 Å². The first-order chi connectivity index (χ1) is 13.7. The molecule has 4 rings (SSSR count). The van der Waals surface area contributed by atoms with Crippen molar-refractivity contribution in [1.82, 2.24) is 19.6 Å². The van der Waals surface area contributed by atoms with E-state index in [1.807, 2.05) is 0 Å². The smallest absolute Gasteiger partial charge is 0.103 e. The van der Waals surface area contributed by atoms with Crippen LogP contribution in [0.1, 0.15) is 43.1 Å². The Balaban J connectivity index is 1.38. The fourth-order valence-electron chi connectivity index (χ4n) is 4.32. The van der Waals surface area contributed by atoms with Gasteiger partial charge in [-0.2, -0.15) is 5.10 Å². The molecule has 28 heavy (non-hydrogen) atoms. The number of fused-ring (bicyclic) bond motifs is 1. The number of rotatable bonds is 5. The molecule has 2 aromatic rings. The van der Waals surface area contributed by atoms with E-state index in [1.54, 1.807) is 0 Å². The zero-order valence-electron chi connectivity index (χ0n) is 16.9. The Labute approximate surface area is 167 Å². The van der Waals surface area contributed by atoms with E-state index in [0.717, 1.165) is 57.9 Å². The minimum Gasteiger partial charge on any atom is -0.297 e. The summed E-state index contributed by atoms with van der Waals surface area (Å²) in [5.74, 6) is 0. The molecule has 1 saturated heterocycles. The molecule has 150 valence electrons. The van der Waals surface area contributed by atoms with Gasteiger partial charge in [-0.25, -0.2) is 4.39 Å².